The number of pyridine rings is 1. The van der Waals surface area contributed by atoms with Crippen LogP contribution in [0.2, 0.25) is 0 Å². The van der Waals surface area contributed by atoms with Crippen molar-refractivity contribution in [1.29, 1.82) is 0 Å². The summed E-state index contributed by atoms with van der Waals surface area (Å²) in [6, 6.07) is 14.1. The van der Waals surface area contributed by atoms with E-state index in [9.17, 15) is 19.4 Å². The van der Waals surface area contributed by atoms with Gasteiger partial charge < -0.3 is 10.2 Å². The van der Waals surface area contributed by atoms with Crippen LogP contribution in [0.15, 0.2) is 66.9 Å². The molecule has 1 heterocycles. The smallest absolute Gasteiger partial charge is 0.143 e. The third-order valence-corrected chi connectivity index (χ3v) is 5.49. The first kappa shape index (κ1) is 26.9. The lowest BCUT2D eigenvalue weighted by molar-refractivity contribution is -0.120. The summed E-state index contributed by atoms with van der Waals surface area (Å²) in [5, 5.41) is 20.5. The Kier molecular flexibility index (Phi) is 10.1. The second-order valence-electron chi connectivity index (χ2n) is 8.03. The van der Waals surface area contributed by atoms with E-state index in [1.165, 1.54) is 12.1 Å². The molecule has 5 heteroatoms. The Morgan fingerprint density at radius 1 is 1.15 bits per heavy atom. The summed E-state index contributed by atoms with van der Waals surface area (Å²) >= 11 is 0. The highest BCUT2D eigenvalue weighted by molar-refractivity contribution is 5.99. The number of Topliss-reactive ketones (excluding diaryl/α,β-unsaturated/α-hetero) is 1. The molecule has 1 aromatic heterocycles. The van der Waals surface area contributed by atoms with Crippen molar-refractivity contribution in [3.63, 3.8) is 0 Å². The molecule has 3 rings (SSSR count). The summed E-state index contributed by atoms with van der Waals surface area (Å²) < 4.78 is 13.6. The molecule has 4 nitrogen and oxygen atoms in total. The number of aliphatic hydroxyl groups excluding tert-OH is 2. The summed E-state index contributed by atoms with van der Waals surface area (Å²) in [6.45, 7) is 11.5. The van der Waals surface area contributed by atoms with Gasteiger partial charge in [0.05, 0.1) is 29.5 Å². The molecule has 0 spiro atoms. The van der Waals surface area contributed by atoms with Gasteiger partial charge in [-0.3, -0.25) is 9.78 Å². The van der Waals surface area contributed by atoms with Crippen LogP contribution in [-0.4, -0.2) is 27.1 Å². The number of benzene rings is 2. The Balaban J connectivity index is 0.00000199. The number of rotatable bonds is 9. The Hall–Kier alpha value is -3.31. The standard InChI is InChI=1S/C27H28FNO3.C2H6/c1-4-17(2)27-24(14-13-21(31)16-22(32)15-18(3)30)26(19-9-11-20(28)12-10-19)23-7-5-6-8-25(23)29-27;1-2/h5-14,17,21,30-31H,3-4,15-16H2,1-2H3;1-2H3/b14-13+;. The molecule has 0 bridgehead atoms. The predicted molar refractivity (Wildman–Crippen MR) is 138 cm³/mol. The van der Waals surface area contributed by atoms with Gasteiger partial charge in [0.1, 0.15) is 11.6 Å². The Bertz CT molecular complexity index is 1150. The van der Waals surface area contributed by atoms with Crippen molar-refractivity contribution in [2.75, 3.05) is 0 Å². The Labute approximate surface area is 201 Å². The van der Waals surface area contributed by atoms with Crippen LogP contribution >= 0.6 is 0 Å². The largest absolute Gasteiger partial charge is 0.512 e. The molecule has 2 atom stereocenters. The molecule has 34 heavy (non-hydrogen) atoms. The number of para-hydroxylation sites is 1. The Morgan fingerprint density at radius 3 is 2.41 bits per heavy atom. The summed E-state index contributed by atoms with van der Waals surface area (Å²) in [6.07, 6.45) is 2.92. The third-order valence-electron chi connectivity index (χ3n) is 5.49. The van der Waals surface area contributed by atoms with Gasteiger partial charge in [-0.1, -0.05) is 76.8 Å². The number of hydrogen-bond donors (Lipinski definition) is 2. The maximum atomic E-state index is 13.6. The monoisotopic (exact) mass is 463 g/mol. The minimum Gasteiger partial charge on any atom is -0.512 e. The van der Waals surface area contributed by atoms with Crippen LogP contribution < -0.4 is 0 Å². The number of halogens is 1. The van der Waals surface area contributed by atoms with Crippen molar-refractivity contribution >= 4 is 22.8 Å². The van der Waals surface area contributed by atoms with E-state index in [0.717, 1.165) is 39.7 Å². The fraction of sp³-hybridized carbons (Fsp3) is 0.310. The number of aliphatic hydroxyl groups is 2. The van der Waals surface area contributed by atoms with E-state index >= 15 is 0 Å². The number of ketones is 1. The van der Waals surface area contributed by atoms with E-state index in [2.05, 4.69) is 20.4 Å². The van der Waals surface area contributed by atoms with E-state index in [1.54, 1.807) is 24.3 Å². The molecule has 0 amide bonds. The lowest BCUT2D eigenvalue weighted by Crippen LogP contribution is -2.11. The third kappa shape index (κ3) is 6.84. The van der Waals surface area contributed by atoms with Gasteiger partial charge in [0, 0.05) is 22.9 Å². The first-order valence-corrected chi connectivity index (χ1v) is 11.7. The molecule has 0 saturated heterocycles. The molecule has 0 aliphatic rings. The van der Waals surface area contributed by atoms with Gasteiger partial charge in [0.15, 0.2) is 0 Å². The van der Waals surface area contributed by atoms with E-state index in [0.29, 0.717) is 0 Å². The van der Waals surface area contributed by atoms with Crippen LogP contribution in [0, 0.1) is 5.82 Å². The number of carbonyl (C=O) groups excluding carboxylic acids is 1. The highest BCUT2D eigenvalue weighted by Crippen LogP contribution is 2.37. The lowest BCUT2D eigenvalue weighted by Gasteiger charge is -2.19. The number of aromatic nitrogens is 1. The minimum atomic E-state index is -1.01. The van der Waals surface area contributed by atoms with Gasteiger partial charge in [0.2, 0.25) is 0 Å². The second kappa shape index (κ2) is 12.8. The first-order chi connectivity index (χ1) is 16.3. The molecule has 0 aliphatic heterocycles. The van der Waals surface area contributed by atoms with E-state index in [-0.39, 0.29) is 36.1 Å². The van der Waals surface area contributed by atoms with Crippen molar-refractivity contribution in [1.82, 2.24) is 4.98 Å². The molecular weight excluding hydrogens is 429 g/mol. The maximum Gasteiger partial charge on any atom is 0.143 e. The van der Waals surface area contributed by atoms with Crippen LogP contribution in [0.4, 0.5) is 4.39 Å². The van der Waals surface area contributed by atoms with E-state index < -0.39 is 6.10 Å². The minimum absolute atomic E-state index is 0.123. The predicted octanol–water partition coefficient (Wildman–Crippen LogP) is 7.38. The van der Waals surface area contributed by atoms with Gasteiger partial charge in [-0.05, 0) is 36.1 Å². The average molecular weight is 464 g/mol. The van der Waals surface area contributed by atoms with Crippen molar-refractivity contribution in [2.24, 2.45) is 0 Å². The molecule has 0 fully saturated rings. The zero-order chi connectivity index (χ0) is 25.3. The van der Waals surface area contributed by atoms with Gasteiger partial charge in [-0.25, -0.2) is 4.39 Å². The van der Waals surface area contributed by atoms with Crippen molar-refractivity contribution in [2.45, 2.75) is 59.0 Å². The quantitative estimate of drug-likeness (QED) is 0.325. The fourth-order valence-electron chi connectivity index (χ4n) is 3.72. The molecule has 3 aromatic rings. The lowest BCUT2D eigenvalue weighted by atomic mass is 9.89. The molecule has 180 valence electrons. The Morgan fingerprint density at radius 2 is 1.79 bits per heavy atom. The van der Waals surface area contributed by atoms with Crippen LogP contribution in [0.3, 0.4) is 0 Å². The average Bonchev–Trinajstić information content (AvgIpc) is 2.82. The number of allylic oxidation sites excluding steroid dienone is 1. The fourth-order valence-corrected chi connectivity index (χ4v) is 3.72. The molecule has 2 N–H and O–H groups in total. The van der Waals surface area contributed by atoms with Crippen molar-refractivity contribution < 1.29 is 19.4 Å². The zero-order valence-corrected chi connectivity index (χ0v) is 20.4. The second-order valence-corrected chi connectivity index (χ2v) is 8.03. The molecule has 0 aliphatic carbocycles. The highest BCUT2D eigenvalue weighted by atomic mass is 19.1. The van der Waals surface area contributed by atoms with Gasteiger partial charge in [-0.15, -0.1) is 0 Å². The normalized spacial score (nSPS) is 12.8. The maximum absolute atomic E-state index is 13.6. The molecule has 0 saturated carbocycles. The SMILES string of the molecule is C=C(O)CC(=O)CC(O)/C=C/c1c(C(C)CC)nc2ccccc2c1-c1ccc(F)cc1.CC. The first-order valence-electron chi connectivity index (χ1n) is 11.7. The van der Waals surface area contributed by atoms with Crippen LogP contribution in [0.1, 0.15) is 64.1 Å². The molecular formula is C29H34FNO3. The molecule has 0 radical (unpaired) electrons. The van der Waals surface area contributed by atoms with Crippen LogP contribution in [-0.2, 0) is 4.79 Å². The summed E-state index contributed by atoms with van der Waals surface area (Å²) in [5.41, 5.74) is 4.31. The van der Waals surface area contributed by atoms with Crippen molar-refractivity contribution in [3.8, 4) is 11.1 Å². The summed E-state index contributed by atoms with van der Waals surface area (Å²) in [4.78, 5) is 16.8. The van der Waals surface area contributed by atoms with Crippen LogP contribution in [0.5, 0.6) is 0 Å². The van der Waals surface area contributed by atoms with Crippen molar-refractivity contribution in [3.05, 3.63) is 84.0 Å². The van der Waals surface area contributed by atoms with E-state index in [1.807, 2.05) is 38.1 Å². The van der Waals surface area contributed by atoms with Gasteiger partial charge in [0.25, 0.3) is 0 Å². The van der Waals surface area contributed by atoms with Gasteiger partial charge >= 0.3 is 0 Å². The van der Waals surface area contributed by atoms with Crippen LogP contribution in [0.25, 0.3) is 28.1 Å². The number of carbonyl (C=O) groups is 1. The molecule has 2 aromatic carbocycles. The number of nitrogens with zero attached hydrogens (tertiary/aromatic N) is 1. The highest BCUT2D eigenvalue weighted by Gasteiger charge is 2.19. The zero-order valence-electron chi connectivity index (χ0n) is 20.4. The topological polar surface area (TPSA) is 70.4 Å². The summed E-state index contributed by atoms with van der Waals surface area (Å²) in [7, 11) is 0. The summed E-state index contributed by atoms with van der Waals surface area (Å²) in [5.74, 6) is -0.685. The number of fused-ring (bicyclic) bond motifs is 1. The number of hydrogen-bond acceptors (Lipinski definition) is 4. The van der Waals surface area contributed by atoms with Gasteiger partial charge in [-0.2, -0.15) is 0 Å². The van der Waals surface area contributed by atoms with E-state index in [4.69, 9.17) is 4.98 Å². The molecule has 2 unspecified atom stereocenters.